The number of amides is 1. The van der Waals surface area contributed by atoms with Crippen LogP contribution in [0.4, 0.5) is 0 Å². The number of phenols is 1. The molecule has 1 aromatic carbocycles. The molecule has 6 heteroatoms. The largest absolute Gasteiger partial charge is 0.507 e. The minimum absolute atomic E-state index is 0.0321. The van der Waals surface area contributed by atoms with Crippen LogP contribution in [-0.4, -0.2) is 21.0 Å². The van der Waals surface area contributed by atoms with Crippen molar-refractivity contribution in [2.45, 2.75) is 6.54 Å². The Balaban J connectivity index is 2.02. The molecule has 0 unspecified atom stereocenters. The zero-order valence-corrected chi connectivity index (χ0v) is 10.9. The molecule has 0 atom stereocenters. The average Bonchev–Trinajstić information content (AvgIpc) is 2.40. The molecule has 0 saturated heterocycles. The van der Waals surface area contributed by atoms with Gasteiger partial charge in [0, 0.05) is 11.8 Å². The summed E-state index contributed by atoms with van der Waals surface area (Å²) in [6.07, 6.45) is 3.03. The molecule has 18 heavy (non-hydrogen) atoms. The van der Waals surface area contributed by atoms with Gasteiger partial charge in [-0.15, -0.1) is 0 Å². The molecule has 0 aliphatic rings. The van der Waals surface area contributed by atoms with Gasteiger partial charge < -0.3 is 10.4 Å². The Morgan fingerprint density at radius 1 is 1.39 bits per heavy atom. The lowest BCUT2D eigenvalue weighted by molar-refractivity contribution is 0.0950. The second-order valence-corrected chi connectivity index (χ2v) is 4.40. The molecular weight excluding hydrogens is 298 g/mol. The summed E-state index contributed by atoms with van der Waals surface area (Å²) in [5.74, 6) is -0.235. The van der Waals surface area contributed by atoms with Crippen molar-refractivity contribution in [2.24, 2.45) is 0 Å². The summed E-state index contributed by atoms with van der Waals surface area (Å²) in [6.45, 7) is 0.318. The highest BCUT2D eigenvalue weighted by Crippen LogP contribution is 2.24. The zero-order chi connectivity index (χ0) is 13.0. The van der Waals surface area contributed by atoms with Crippen LogP contribution in [0, 0.1) is 0 Å². The highest BCUT2D eigenvalue weighted by Gasteiger charge is 2.08. The summed E-state index contributed by atoms with van der Waals surface area (Å²) < 4.78 is 0.551. The molecule has 0 spiro atoms. The maximum absolute atomic E-state index is 11.8. The van der Waals surface area contributed by atoms with Gasteiger partial charge in [-0.05, 0) is 40.2 Å². The van der Waals surface area contributed by atoms with Gasteiger partial charge in [-0.2, -0.15) is 0 Å². The Morgan fingerprint density at radius 2 is 2.22 bits per heavy atom. The van der Waals surface area contributed by atoms with Gasteiger partial charge in [-0.3, -0.25) is 4.79 Å². The van der Waals surface area contributed by atoms with Gasteiger partial charge in [0.05, 0.1) is 16.7 Å². The third kappa shape index (κ3) is 3.04. The van der Waals surface area contributed by atoms with Crippen molar-refractivity contribution in [2.75, 3.05) is 0 Å². The molecule has 1 aromatic heterocycles. The number of benzene rings is 1. The van der Waals surface area contributed by atoms with Crippen molar-refractivity contribution in [3.63, 3.8) is 0 Å². The van der Waals surface area contributed by atoms with Crippen molar-refractivity contribution in [1.82, 2.24) is 15.3 Å². The van der Waals surface area contributed by atoms with E-state index in [0.717, 1.165) is 5.69 Å². The third-order valence-electron chi connectivity index (χ3n) is 2.28. The summed E-state index contributed by atoms with van der Waals surface area (Å²) in [5, 5.41) is 12.2. The fourth-order valence-electron chi connectivity index (χ4n) is 1.35. The van der Waals surface area contributed by atoms with Crippen LogP contribution >= 0.6 is 15.9 Å². The third-order valence-corrected chi connectivity index (χ3v) is 2.95. The molecule has 0 aliphatic heterocycles. The van der Waals surface area contributed by atoms with E-state index in [1.54, 1.807) is 24.4 Å². The van der Waals surface area contributed by atoms with E-state index in [4.69, 9.17) is 0 Å². The maximum atomic E-state index is 11.8. The van der Waals surface area contributed by atoms with Gasteiger partial charge in [0.2, 0.25) is 0 Å². The summed E-state index contributed by atoms with van der Waals surface area (Å²) in [4.78, 5) is 19.6. The normalized spacial score (nSPS) is 10.1. The van der Waals surface area contributed by atoms with Crippen LogP contribution in [0.3, 0.4) is 0 Å². The second-order valence-electron chi connectivity index (χ2n) is 3.55. The van der Waals surface area contributed by atoms with E-state index in [2.05, 4.69) is 31.2 Å². The van der Waals surface area contributed by atoms with Crippen LogP contribution in [0.25, 0.3) is 0 Å². The number of nitrogens with one attached hydrogen (secondary N) is 1. The van der Waals surface area contributed by atoms with Crippen LogP contribution in [0.2, 0.25) is 0 Å². The fraction of sp³-hybridized carbons (Fsp3) is 0.0833. The van der Waals surface area contributed by atoms with Gasteiger partial charge in [-0.1, -0.05) is 0 Å². The average molecular weight is 308 g/mol. The number of aromatic nitrogens is 2. The summed E-state index contributed by atoms with van der Waals surface area (Å²) in [7, 11) is 0. The van der Waals surface area contributed by atoms with Gasteiger partial charge in [0.25, 0.3) is 5.91 Å². The first kappa shape index (κ1) is 12.5. The first-order valence-electron chi connectivity index (χ1n) is 5.18. The Kier molecular flexibility index (Phi) is 3.88. The Bertz CT molecular complexity index is 561. The number of hydrogen-bond acceptors (Lipinski definition) is 4. The van der Waals surface area contributed by atoms with Crippen LogP contribution in [0.15, 0.2) is 41.3 Å². The summed E-state index contributed by atoms with van der Waals surface area (Å²) in [6, 6.07) is 6.37. The van der Waals surface area contributed by atoms with Crippen LogP contribution < -0.4 is 5.32 Å². The van der Waals surface area contributed by atoms with Crippen molar-refractivity contribution < 1.29 is 9.90 Å². The first-order valence-corrected chi connectivity index (χ1v) is 5.98. The Morgan fingerprint density at radius 3 is 2.89 bits per heavy atom. The number of nitrogens with zero attached hydrogens (tertiary/aromatic N) is 2. The van der Waals surface area contributed by atoms with Crippen LogP contribution in [-0.2, 0) is 6.54 Å². The molecular formula is C12H10BrN3O2. The van der Waals surface area contributed by atoms with Crippen molar-refractivity contribution in [1.29, 1.82) is 0 Å². The van der Waals surface area contributed by atoms with E-state index >= 15 is 0 Å². The van der Waals surface area contributed by atoms with Crippen LogP contribution in [0.1, 0.15) is 16.1 Å². The molecule has 1 amide bonds. The number of rotatable bonds is 3. The molecule has 2 rings (SSSR count). The molecule has 2 N–H and O–H groups in total. The van der Waals surface area contributed by atoms with Gasteiger partial charge in [0.1, 0.15) is 12.1 Å². The fourth-order valence-corrected chi connectivity index (χ4v) is 1.60. The Hall–Kier alpha value is -1.95. The summed E-state index contributed by atoms with van der Waals surface area (Å²) in [5.41, 5.74) is 1.12. The summed E-state index contributed by atoms with van der Waals surface area (Å²) >= 11 is 3.16. The van der Waals surface area contributed by atoms with Crippen LogP contribution in [0.5, 0.6) is 5.75 Å². The second kappa shape index (κ2) is 5.59. The predicted molar refractivity (Wildman–Crippen MR) is 69.0 cm³/mol. The highest BCUT2D eigenvalue weighted by molar-refractivity contribution is 9.10. The minimum Gasteiger partial charge on any atom is -0.507 e. The predicted octanol–water partition coefficient (Wildman–Crippen LogP) is 1.87. The molecule has 0 fully saturated rings. The molecule has 2 aromatic rings. The smallest absolute Gasteiger partial charge is 0.251 e. The topological polar surface area (TPSA) is 75.1 Å². The zero-order valence-electron chi connectivity index (χ0n) is 9.30. The van der Waals surface area contributed by atoms with Crippen molar-refractivity contribution in [3.05, 3.63) is 52.5 Å². The van der Waals surface area contributed by atoms with Gasteiger partial charge in [0.15, 0.2) is 0 Å². The van der Waals surface area contributed by atoms with E-state index in [0.29, 0.717) is 16.6 Å². The molecule has 0 radical (unpaired) electrons. The lowest BCUT2D eigenvalue weighted by Crippen LogP contribution is -2.23. The molecule has 0 aliphatic carbocycles. The van der Waals surface area contributed by atoms with Crippen molar-refractivity contribution >= 4 is 21.8 Å². The number of carbonyl (C=O) groups excluding carboxylic acids is 1. The quantitative estimate of drug-likeness (QED) is 0.908. The standard InChI is InChI=1S/C12H10BrN3O2/c13-10-2-1-8(5-11(10)17)12(18)15-6-9-3-4-14-7-16-9/h1-5,7,17H,6H2,(H,15,18). The highest BCUT2D eigenvalue weighted by atomic mass is 79.9. The van der Waals surface area contributed by atoms with E-state index in [9.17, 15) is 9.90 Å². The lowest BCUT2D eigenvalue weighted by atomic mass is 10.2. The van der Waals surface area contributed by atoms with Crippen molar-refractivity contribution in [3.8, 4) is 5.75 Å². The molecule has 5 nitrogen and oxygen atoms in total. The van der Waals surface area contributed by atoms with Gasteiger partial charge in [-0.25, -0.2) is 9.97 Å². The molecule has 1 heterocycles. The molecule has 0 bridgehead atoms. The van der Waals surface area contributed by atoms with Gasteiger partial charge >= 0.3 is 0 Å². The monoisotopic (exact) mass is 307 g/mol. The number of carbonyl (C=O) groups is 1. The lowest BCUT2D eigenvalue weighted by Gasteiger charge is -2.05. The van der Waals surface area contributed by atoms with E-state index < -0.39 is 0 Å². The number of halogens is 1. The minimum atomic E-state index is -0.267. The Labute approximate surface area is 112 Å². The van der Waals surface area contributed by atoms with E-state index in [1.165, 1.54) is 12.4 Å². The van der Waals surface area contributed by atoms with E-state index in [1.807, 2.05) is 0 Å². The SMILES string of the molecule is O=C(NCc1ccncn1)c1ccc(Br)c(O)c1. The molecule has 92 valence electrons. The maximum Gasteiger partial charge on any atom is 0.251 e. The number of phenolic OH excluding ortho intramolecular Hbond substituents is 1. The molecule has 0 saturated carbocycles. The van der Waals surface area contributed by atoms with E-state index in [-0.39, 0.29) is 11.7 Å². The number of aromatic hydroxyl groups is 1. The number of hydrogen-bond donors (Lipinski definition) is 2. The first-order chi connectivity index (χ1) is 8.66.